The molecule has 0 N–H and O–H groups in total. The molecular formula is C13H8Cl2FN. The first-order valence-corrected chi connectivity index (χ1v) is 5.66. The largest absolute Gasteiger partial charge is 0.255 e. The normalized spacial score (nSPS) is 11.0. The van der Waals surface area contributed by atoms with E-state index in [0.717, 1.165) is 0 Å². The molecule has 0 unspecified atom stereocenters. The van der Waals surface area contributed by atoms with Crippen LogP contribution >= 0.6 is 23.2 Å². The predicted molar refractivity (Wildman–Crippen MR) is 70.1 cm³/mol. The zero-order valence-electron chi connectivity index (χ0n) is 8.70. The molecule has 0 aliphatic heterocycles. The Morgan fingerprint density at radius 3 is 2.53 bits per heavy atom. The summed E-state index contributed by atoms with van der Waals surface area (Å²) in [6.07, 6.45) is 1.43. The van der Waals surface area contributed by atoms with Crippen LogP contribution in [0.3, 0.4) is 0 Å². The van der Waals surface area contributed by atoms with Crippen LogP contribution in [0.5, 0.6) is 0 Å². The summed E-state index contributed by atoms with van der Waals surface area (Å²) < 4.78 is 13.3. The second-order valence-electron chi connectivity index (χ2n) is 3.38. The number of benzene rings is 2. The highest BCUT2D eigenvalue weighted by atomic mass is 35.5. The molecular weight excluding hydrogens is 260 g/mol. The zero-order chi connectivity index (χ0) is 12.3. The van der Waals surface area contributed by atoms with Gasteiger partial charge >= 0.3 is 0 Å². The van der Waals surface area contributed by atoms with Crippen molar-refractivity contribution in [2.24, 2.45) is 4.99 Å². The first-order valence-electron chi connectivity index (χ1n) is 4.90. The Morgan fingerprint density at radius 1 is 1.06 bits per heavy atom. The van der Waals surface area contributed by atoms with Gasteiger partial charge in [-0.25, -0.2) is 4.39 Å². The fourth-order valence-corrected chi connectivity index (χ4v) is 1.76. The van der Waals surface area contributed by atoms with E-state index in [1.54, 1.807) is 36.4 Å². The number of halogens is 3. The molecule has 0 amide bonds. The van der Waals surface area contributed by atoms with Gasteiger partial charge in [0.05, 0.1) is 10.7 Å². The van der Waals surface area contributed by atoms with E-state index in [0.29, 0.717) is 21.3 Å². The molecule has 2 aromatic rings. The van der Waals surface area contributed by atoms with Crippen molar-refractivity contribution in [2.75, 3.05) is 0 Å². The van der Waals surface area contributed by atoms with Crippen LogP contribution in [0.25, 0.3) is 0 Å². The Hall–Kier alpha value is -1.38. The Kier molecular flexibility index (Phi) is 3.77. The third-order valence-corrected chi connectivity index (χ3v) is 2.70. The molecule has 0 radical (unpaired) electrons. The second-order valence-corrected chi connectivity index (χ2v) is 4.22. The fourth-order valence-electron chi connectivity index (χ4n) is 1.30. The minimum Gasteiger partial charge on any atom is -0.255 e. The van der Waals surface area contributed by atoms with E-state index >= 15 is 0 Å². The van der Waals surface area contributed by atoms with Gasteiger partial charge in [0.15, 0.2) is 0 Å². The van der Waals surface area contributed by atoms with Gasteiger partial charge in [-0.3, -0.25) is 4.99 Å². The number of hydrogen-bond acceptors (Lipinski definition) is 1. The summed E-state index contributed by atoms with van der Waals surface area (Å²) >= 11 is 11.7. The number of aliphatic imine (C=N–C) groups is 1. The van der Waals surface area contributed by atoms with Gasteiger partial charge in [-0.15, -0.1) is 0 Å². The van der Waals surface area contributed by atoms with Gasteiger partial charge in [-0.1, -0.05) is 41.4 Å². The Bertz CT molecular complexity index is 567. The molecule has 0 heterocycles. The topological polar surface area (TPSA) is 12.4 Å². The monoisotopic (exact) mass is 267 g/mol. The average Bonchev–Trinajstić information content (AvgIpc) is 2.30. The van der Waals surface area contributed by atoms with Crippen molar-refractivity contribution < 1.29 is 4.39 Å². The number of hydrogen-bond donors (Lipinski definition) is 0. The van der Waals surface area contributed by atoms with Crippen molar-refractivity contribution in [3.63, 3.8) is 0 Å². The van der Waals surface area contributed by atoms with Crippen molar-refractivity contribution in [3.8, 4) is 0 Å². The van der Waals surface area contributed by atoms with Crippen LogP contribution in [0, 0.1) is 5.82 Å². The molecule has 0 aliphatic rings. The van der Waals surface area contributed by atoms with Gasteiger partial charge in [-0.05, 0) is 24.3 Å². The maximum Gasteiger partial charge on any atom is 0.131 e. The van der Waals surface area contributed by atoms with Crippen LogP contribution in [0.4, 0.5) is 10.1 Å². The molecule has 2 aromatic carbocycles. The minimum absolute atomic E-state index is 0.318. The maximum absolute atomic E-state index is 13.3. The van der Waals surface area contributed by atoms with Crippen LogP contribution in [-0.4, -0.2) is 6.21 Å². The summed E-state index contributed by atoms with van der Waals surface area (Å²) in [5, 5.41) is 0.977. The van der Waals surface area contributed by atoms with E-state index in [-0.39, 0.29) is 5.82 Å². The quantitative estimate of drug-likeness (QED) is 0.688. The number of rotatable bonds is 2. The lowest BCUT2D eigenvalue weighted by molar-refractivity contribution is 0.626. The van der Waals surface area contributed by atoms with Crippen LogP contribution in [-0.2, 0) is 0 Å². The summed E-state index contributed by atoms with van der Waals surface area (Å²) in [5.74, 6) is -0.318. The number of nitrogens with zero attached hydrogens (tertiary/aromatic N) is 1. The summed E-state index contributed by atoms with van der Waals surface area (Å²) in [7, 11) is 0. The molecule has 86 valence electrons. The summed E-state index contributed by atoms with van der Waals surface area (Å²) in [4.78, 5) is 4.12. The molecule has 0 aromatic heterocycles. The molecule has 0 atom stereocenters. The lowest BCUT2D eigenvalue weighted by Gasteiger charge is -1.99. The first-order chi connectivity index (χ1) is 8.16. The third-order valence-electron chi connectivity index (χ3n) is 2.16. The predicted octanol–water partition coefficient (Wildman–Crippen LogP) is 4.88. The molecule has 0 spiro atoms. The van der Waals surface area contributed by atoms with E-state index in [2.05, 4.69) is 4.99 Å². The van der Waals surface area contributed by atoms with Crippen LogP contribution in [0.15, 0.2) is 47.5 Å². The average molecular weight is 268 g/mol. The van der Waals surface area contributed by atoms with Crippen molar-refractivity contribution in [3.05, 3.63) is 63.9 Å². The standard InChI is InChI=1S/C13H8Cl2FN/c14-10-5-6-13(11(15)7-10)17-8-9-3-1-2-4-12(9)16/h1-8H/b17-8+. The van der Waals surface area contributed by atoms with E-state index < -0.39 is 0 Å². The van der Waals surface area contributed by atoms with Gasteiger partial charge in [-0.2, -0.15) is 0 Å². The van der Waals surface area contributed by atoms with Crippen molar-refractivity contribution in [1.82, 2.24) is 0 Å². The fraction of sp³-hybridized carbons (Fsp3) is 0. The molecule has 4 heteroatoms. The minimum atomic E-state index is -0.318. The highest BCUT2D eigenvalue weighted by Gasteiger charge is 2.00. The van der Waals surface area contributed by atoms with Crippen molar-refractivity contribution in [1.29, 1.82) is 0 Å². The molecule has 2 rings (SSSR count). The summed E-state index contributed by atoms with van der Waals surface area (Å²) in [6, 6.07) is 11.4. The van der Waals surface area contributed by atoms with Gasteiger partial charge < -0.3 is 0 Å². The summed E-state index contributed by atoms with van der Waals surface area (Å²) in [6.45, 7) is 0. The third kappa shape index (κ3) is 3.05. The Balaban J connectivity index is 2.29. The molecule has 17 heavy (non-hydrogen) atoms. The van der Waals surface area contributed by atoms with E-state index in [4.69, 9.17) is 23.2 Å². The Labute approximate surface area is 109 Å². The van der Waals surface area contributed by atoms with E-state index in [1.165, 1.54) is 12.3 Å². The van der Waals surface area contributed by atoms with Gasteiger partial charge in [0.2, 0.25) is 0 Å². The van der Waals surface area contributed by atoms with Crippen molar-refractivity contribution >= 4 is 35.1 Å². The lowest BCUT2D eigenvalue weighted by atomic mass is 10.2. The SMILES string of the molecule is Fc1ccccc1/C=N/c1ccc(Cl)cc1Cl. The molecule has 1 nitrogen and oxygen atoms in total. The zero-order valence-corrected chi connectivity index (χ0v) is 10.2. The molecule has 0 aliphatic carbocycles. The van der Waals surface area contributed by atoms with Crippen LogP contribution in [0.1, 0.15) is 5.56 Å². The molecule has 0 fully saturated rings. The Morgan fingerprint density at radius 2 is 1.82 bits per heavy atom. The first kappa shape index (κ1) is 12.1. The van der Waals surface area contributed by atoms with Crippen molar-refractivity contribution in [2.45, 2.75) is 0 Å². The summed E-state index contributed by atoms with van der Waals surface area (Å²) in [5.41, 5.74) is 0.970. The molecule has 0 saturated carbocycles. The highest BCUT2D eigenvalue weighted by molar-refractivity contribution is 6.36. The second kappa shape index (κ2) is 5.30. The molecule has 0 bridgehead atoms. The van der Waals surface area contributed by atoms with E-state index in [1.807, 2.05) is 0 Å². The lowest BCUT2D eigenvalue weighted by Crippen LogP contribution is -1.86. The molecule has 0 saturated heterocycles. The van der Waals surface area contributed by atoms with Gasteiger partial charge in [0.25, 0.3) is 0 Å². The van der Waals surface area contributed by atoms with E-state index in [9.17, 15) is 4.39 Å². The van der Waals surface area contributed by atoms with Gasteiger partial charge in [0, 0.05) is 16.8 Å². The highest BCUT2D eigenvalue weighted by Crippen LogP contribution is 2.27. The van der Waals surface area contributed by atoms with Crippen LogP contribution < -0.4 is 0 Å². The maximum atomic E-state index is 13.3. The van der Waals surface area contributed by atoms with Crippen LogP contribution in [0.2, 0.25) is 10.0 Å². The van der Waals surface area contributed by atoms with Gasteiger partial charge in [0.1, 0.15) is 5.82 Å². The smallest absolute Gasteiger partial charge is 0.131 e.